The highest BCUT2D eigenvalue weighted by atomic mass is 32.2. The Morgan fingerprint density at radius 2 is 1.51 bits per heavy atom. The van der Waals surface area contributed by atoms with Crippen LogP contribution in [0.2, 0.25) is 0 Å². The molecular weight excluding hydrogens is 581 g/mol. The predicted octanol–water partition coefficient (Wildman–Crippen LogP) is 8.56. The normalized spacial score (nSPS) is 12.7. The molecule has 0 saturated carbocycles. The number of ether oxygens (including phenoxy) is 1. The molecule has 43 heavy (non-hydrogen) atoms. The van der Waals surface area contributed by atoms with E-state index in [9.17, 15) is 26.4 Å². The molecule has 3 aromatic rings. The number of halogens is 3. The maximum atomic E-state index is 13.8. The monoisotopic (exact) mass is 620 g/mol. The molecule has 3 rings (SSSR count). The first-order valence-electron chi connectivity index (χ1n) is 14.1. The Hall–Kier alpha value is -3.73. The summed E-state index contributed by atoms with van der Waals surface area (Å²) in [6.45, 7) is 12.2. The topological polar surface area (TPSA) is 84.9 Å². The van der Waals surface area contributed by atoms with E-state index in [1.54, 1.807) is 11.0 Å². The number of carbonyl (C=O) groups excluding carboxylic acids is 1. The number of alkyl halides is 3. The highest BCUT2D eigenvalue weighted by Crippen LogP contribution is 2.35. The summed E-state index contributed by atoms with van der Waals surface area (Å²) in [5.74, 6) is 0.192. The molecule has 0 spiro atoms. The van der Waals surface area contributed by atoms with Crippen LogP contribution in [0.25, 0.3) is 0 Å². The second-order valence-corrected chi connectivity index (χ2v) is 12.5. The van der Waals surface area contributed by atoms with E-state index in [1.165, 1.54) is 19.2 Å². The molecule has 0 radical (unpaired) electrons. The lowest BCUT2D eigenvalue weighted by atomic mass is 9.92. The molecule has 1 unspecified atom stereocenters. The van der Waals surface area contributed by atoms with Gasteiger partial charge in [-0.15, -0.1) is 0 Å². The van der Waals surface area contributed by atoms with Gasteiger partial charge in [-0.25, -0.2) is 4.79 Å². The van der Waals surface area contributed by atoms with Gasteiger partial charge in [0.05, 0.1) is 12.7 Å². The van der Waals surface area contributed by atoms with Gasteiger partial charge in [0, 0.05) is 18.3 Å². The highest BCUT2D eigenvalue weighted by Gasteiger charge is 2.32. The van der Waals surface area contributed by atoms with E-state index in [-0.39, 0.29) is 42.0 Å². The molecule has 1 atom stereocenters. The van der Waals surface area contributed by atoms with Crippen molar-refractivity contribution in [2.45, 2.75) is 83.5 Å². The van der Waals surface area contributed by atoms with E-state index in [2.05, 4.69) is 33.0 Å². The molecule has 2 amide bonds. The number of methoxy groups -OCH3 is 1. The first-order valence-corrected chi connectivity index (χ1v) is 15.5. The Kier molecular flexibility index (Phi) is 10.8. The van der Waals surface area contributed by atoms with Crippen LogP contribution in [0.4, 0.5) is 23.7 Å². The number of hydrogen-bond donors (Lipinski definition) is 1. The molecule has 0 fully saturated rings. The fraction of sp³-hybridized carbons (Fsp3) is 0.406. The minimum absolute atomic E-state index is 0.0614. The summed E-state index contributed by atoms with van der Waals surface area (Å²) in [6.07, 6.45) is -4.07. The maximum absolute atomic E-state index is 13.8. The van der Waals surface area contributed by atoms with E-state index in [4.69, 9.17) is 8.92 Å². The molecule has 7 nitrogen and oxygen atoms in total. The molecule has 0 aliphatic carbocycles. The molecule has 1 N–H and O–H groups in total. The number of benzene rings is 3. The number of urea groups is 1. The molecule has 0 aliphatic heterocycles. The molecule has 234 valence electrons. The number of rotatable bonds is 11. The van der Waals surface area contributed by atoms with Crippen molar-refractivity contribution < 1.29 is 35.3 Å². The van der Waals surface area contributed by atoms with E-state index in [0.29, 0.717) is 18.1 Å². The summed E-state index contributed by atoms with van der Waals surface area (Å²) in [5, 5.41) is 3.13. The third-order valence-corrected chi connectivity index (χ3v) is 8.45. The van der Waals surface area contributed by atoms with Crippen LogP contribution in [0, 0.1) is 0 Å². The van der Waals surface area contributed by atoms with Crippen molar-refractivity contribution in [2.75, 3.05) is 12.4 Å². The fourth-order valence-electron chi connectivity index (χ4n) is 4.60. The molecule has 11 heteroatoms. The van der Waals surface area contributed by atoms with Crippen molar-refractivity contribution >= 4 is 21.8 Å². The Morgan fingerprint density at radius 3 is 2.05 bits per heavy atom. The zero-order valence-corrected chi connectivity index (χ0v) is 26.3. The van der Waals surface area contributed by atoms with Crippen LogP contribution in [0.3, 0.4) is 0 Å². The Bertz CT molecular complexity index is 1510. The third kappa shape index (κ3) is 8.22. The molecule has 0 saturated heterocycles. The quantitative estimate of drug-likeness (QED) is 0.217. The van der Waals surface area contributed by atoms with Gasteiger partial charge in [-0.3, -0.25) is 0 Å². The van der Waals surface area contributed by atoms with Crippen LogP contribution in [0.1, 0.15) is 82.1 Å². The van der Waals surface area contributed by atoms with Crippen LogP contribution < -0.4 is 14.2 Å². The van der Waals surface area contributed by atoms with Gasteiger partial charge in [0.1, 0.15) is 4.90 Å². The Balaban J connectivity index is 1.96. The van der Waals surface area contributed by atoms with Crippen LogP contribution in [0.5, 0.6) is 11.5 Å². The van der Waals surface area contributed by atoms with Gasteiger partial charge in [0.2, 0.25) is 0 Å². The summed E-state index contributed by atoms with van der Waals surface area (Å²) < 4.78 is 76.2. The van der Waals surface area contributed by atoms with E-state index in [0.717, 1.165) is 35.0 Å². The number of nitrogens with zero attached hydrogens (tertiary/aromatic N) is 1. The molecule has 0 aliphatic rings. The summed E-state index contributed by atoms with van der Waals surface area (Å²) in [4.78, 5) is 14.8. The van der Waals surface area contributed by atoms with Gasteiger partial charge in [-0.1, -0.05) is 65.0 Å². The third-order valence-electron chi connectivity index (χ3n) is 7.22. The first-order chi connectivity index (χ1) is 20.1. The average Bonchev–Trinajstić information content (AvgIpc) is 2.94. The van der Waals surface area contributed by atoms with Crippen LogP contribution in [-0.2, 0) is 22.8 Å². The zero-order chi connectivity index (χ0) is 32.1. The minimum atomic E-state index is -4.73. The van der Waals surface area contributed by atoms with Gasteiger partial charge in [0.25, 0.3) is 0 Å². The van der Waals surface area contributed by atoms with E-state index < -0.39 is 26.8 Å². The van der Waals surface area contributed by atoms with E-state index >= 15 is 0 Å². The number of hydrogen-bond acceptors (Lipinski definition) is 5. The number of amides is 2. The van der Waals surface area contributed by atoms with Crippen molar-refractivity contribution in [1.29, 1.82) is 0 Å². The number of para-hydroxylation sites is 1. The van der Waals surface area contributed by atoms with Crippen LogP contribution >= 0.6 is 0 Å². The van der Waals surface area contributed by atoms with Crippen molar-refractivity contribution in [3.63, 3.8) is 0 Å². The molecular formula is C32H39F3N2O5S. The van der Waals surface area contributed by atoms with E-state index in [1.807, 2.05) is 32.0 Å². The van der Waals surface area contributed by atoms with Gasteiger partial charge in [-0.05, 0) is 72.2 Å². The summed E-state index contributed by atoms with van der Waals surface area (Å²) in [5.41, 5.74) is 2.23. The highest BCUT2D eigenvalue weighted by molar-refractivity contribution is 7.87. The van der Waals surface area contributed by atoms with Gasteiger partial charge < -0.3 is 19.1 Å². The molecule has 0 bridgehead atoms. The summed E-state index contributed by atoms with van der Waals surface area (Å²) >= 11 is 0. The Morgan fingerprint density at radius 1 is 0.907 bits per heavy atom. The predicted molar refractivity (Wildman–Crippen MR) is 161 cm³/mol. The summed E-state index contributed by atoms with van der Waals surface area (Å²) in [6, 6.07) is 13.4. The van der Waals surface area contributed by atoms with Crippen molar-refractivity contribution in [1.82, 2.24) is 4.90 Å². The zero-order valence-electron chi connectivity index (χ0n) is 25.5. The van der Waals surface area contributed by atoms with Crippen molar-refractivity contribution in [3.05, 3.63) is 82.9 Å². The largest absolute Gasteiger partial charge is 0.493 e. The number of carbonyl (C=O) groups is 1. The lowest BCUT2D eigenvalue weighted by Crippen LogP contribution is -2.41. The lowest BCUT2D eigenvalue weighted by molar-refractivity contribution is -0.137. The number of nitrogens with one attached hydrogen (secondary N) is 1. The number of anilines is 1. The lowest BCUT2D eigenvalue weighted by Gasteiger charge is -2.30. The SMILES string of the molecule is CCC(C)N(Cc1ccc(OC)c(OS(=O)(=O)c2cccc(C(F)(F)F)c2)c1)C(=O)Nc1c(C(C)C)cccc1C(C)C. The van der Waals surface area contributed by atoms with Gasteiger partial charge in [-0.2, -0.15) is 21.6 Å². The van der Waals surface area contributed by atoms with Crippen LogP contribution in [0.15, 0.2) is 65.6 Å². The second kappa shape index (κ2) is 13.7. The standard InChI is InChI=1S/C32H39F3N2O5S/c1-8-22(6)37(31(38)36-30-26(20(2)3)13-10-14-27(30)21(4)5)19-23-15-16-28(41-7)29(17-23)42-43(39,40)25-12-9-11-24(18-25)32(33,34)35/h9-18,20-22H,8,19H2,1-7H3,(H,36,38). The summed E-state index contributed by atoms with van der Waals surface area (Å²) in [7, 11) is -3.34. The van der Waals surface area contributed by atoms with Crippen LogP contribution in [-0.4, -0.2) is 32.5 Å². The van der Waals surface area contributed by atoms with Crippen molar-refractivity contribution in [3.8, 4) is 11.5 Å². The Labute approximate surface area is 252 Å². The minimum Gasteiger partial charge on any atom is -0.493 e. The fourth-order valence-corrected chi connectivity index (χ4v) is 5.58. The van der Waals surface area contributed by atoms with Gasteiger partial charge in [0.15, 0.2) is 11.5 Å². The van der Waals surface area contributed by atoms with Crippen molar-refractivity contribution in [2.24, 2.45) is 0 Å². The average molecular weight is 621 g/mol. The van der Waals surface area contributed by atoms with Gasteiger partial charge >= 0.3 is 22.3 Å². The molecule has 3 aromatic carbocycles. The molecule has 0 aromatic heterocycles. The molecule has 0 heterocycles. The maximum Gasteiger partial charge on any atom is 0.416 e. The first kappa shape index (κ1) is 33.8. The second-order valence-electron chi connectivity index (χ2n) is 11.0. The smallest absolute Gasteiger partial charge is 0.416 e.